The van der Waals surface area contributed by atoms with Gasteiger partial charge in [-0.2, -0.15) is 0 Å². The third kappa shape index (κ3) is 2.45. The summed E-state index contributed by atoms with van der Waals surface area (Å²) in [4.78, 5) is 20.4. The summed E-state index contributed by atoms with van der Waals surface area (Å²) in [5, 5.41) is 8.21. The zero-order valence-electron chi connectivity index (χ0n) is 5.63. The molecule has 5 heteroatoms. The van der Waals surface area contributed by atoms with Crippen molar-refractivity contribution in [1.29, 1.82) is 0 Å². The number of hydrogen-bond donors (Lipinski definition) is 3. The van der Waals surface area contributed by atoms with E-state index in [2.05, 4.69) is 0 Å². The topological polar surface area (TPSA) is 106 Å². The van der Waals surface area contributed by atoms with Gasteiger partial charge in [0.05, 0.1) is 6.42 Å². The van der Waals surface area contributed by atoms with Gasteiger partial charge in [0.2, 0.25) is 5.91 Å². The number of carbonyl (C=O) groups is 2. The number of primary amides is 1. The number of aliphatic carboxylic acids is 1. The summed E-state index contributed by atoms with van der Waals surface area (Å²) in [5.41, 5.74) is 8.56. The zero-order chi connectivity index (χ0) is 8.36. The molecule has 5 nitrogen and oxygen atoms in total. The molecule has 0 aromatic heterocycles. The third-order valence-corrected chi connectivity index (χ3v) is 1.08. The standard InChI is InChI=1S/C5H10N2O3/c1-5(7,4(6)10)2-3(8)9/h2,7H2,1H3,(H2,6,10)(H,8,9). The number of rotatable bonds is 3. The molecule has 0 saturated carbocycles. The minimum atomic E-state index is -1.44. The Morgan fingerprint density at radius 2 is 2.00 bits per heavy atom. The smallest absolute Gasteiger partial charge is 0.305 e. The van der Waals surface area contributed by atoms with Crippen LogP contribution in [0.5, 0.6) is 0 Å². The predicted octanol–water partition coefficient (Wildman–Crippen LogP) is -1.34. The molecule has 0 radical (unpaired) electrons. The van der Waals surface area contributed by atoms with Crippen LogP contribution in [-0.4, -0.2) is 22.5 Å². The van der Waals surface area contributed by atoms with Gasteiger partial charge in [-0.25, -0.2) is 0 Å². The van der Waals surface area contributed by atoms with E-state index in [9.17, 15) is 9.59 Å². The number of amides is 1. The van der Waals surface area contributed by atoms with Crippen LogP contribution in [0.25, 0.3) is 0 Å². The summed E-state index contributed by atoms with van der Waals surface area (Å²) in [6.45, 7) is 1.28. The van der Waals surface area contributed by atoms with Crippen molar-refractivity contribution in [2.75, 3.05) is 0 Å². The number of carboxylic acid groups (broad SMARTS) is 1. The summed E-state index contributed by atoms with van der Waals surface area (Å²) >= 11 is 0. The largest absolute Gasteiger partial charge is 0.481 e. The van der Waals surface area contributed by atoms with Crippen LogP contribution in [0.3, 0.4) is 0 Å². The van der Waals surface area contributed by atoms with Crippen molar-refractivity contribution in [1.82, 2.24) is 0 Å². The minimum absolute atomic E-state index is 0.442. The minimum Gasteiger partial charge on any atom is -0.481 e. The molecule has 0 aromatic carbocycles. The fourth-order valence-corrected chi connectivity index (χ4v) is 0.401. The van der Waals surface area contributed by atoms with Crippen LogP contribution in [0.15, 0.2) is 0 Å². The molecule has 0 fully saturated rings. The van der Waals surface area contributed by atoms with Crippen LogP contribution in [-0.2, 0) is 9.59 Å². The van der Waals surface area contributed by atoms with Gasteiger partial charge in [0, 0.05) is 0 Å². The van der Waals surface area contributed by atoms with Crippen molar-refractivity contribution in [3.8, 4) is 0 Å². The van der Waals surface area contributed by atoms with Gasteiger partial charge in [-0.3, -0.25) is 9.59 Å². The van der Waals surface area contributed by atoms with Crippen LogP contribution in [0.1, 0.15) is 13.3 Å². The zero-order valence-corrected chi connectivity index (χ0v) is 5.63. The van der Waals surface area contributed by atoms with Crippen LogP contribution >= 0.6 is 0 Å². The predicted molar refractivity (Wildman–Crippen MR) is 34.0 cm³/mol. The highest BCUT2D eigenvalue weighted by atomic mass is 16.4. The Bertz CT molecular complexity index is 164. The van der Waals surface area contributed by atoms with Crippen molar-refractivity contribution in [3.05, 3.63) is 0 Å². The van der Waals surface area contributed by atoms with Gasteiger partial charge < -0.3 is 16.6 Å². The quantitative estimate of drug-likeness (QED) is 0.458. The number of carbonyl (C=O) groups excluding carboxylic acids is 1. The summed E-state index contributed by atoms with van der Waals surface area (Å²) in [5.74, 6) is -1.95. The highest BCUT2D eigenvalue weighted by Gasteiger charge is 2.28. The molecular formula is C5H10N2O3. The lowest BCUT2D eigenvalue weighted by atomic mass is 9.99. The Labute approximate surface area is 58.0 Å². The van der Waals surface area contributed by atoms with Gasteiger partial charge in [0.25, 0.3) is 0 Å². The highest BCUT2D eigenvalue weighted by Crippen LogP contribution is 2.03. The Morgan fingerprint density at radius 3 is 2.10 bits per heavy atom. The highest BCUT2D eigenvalue weighted by molar-refractivity contribution is 5.88. The summed E-state index contributed by atoms with van der Waals surface area (Å²) in [7, 11) is 0. The van der Waals surface area contributed by atoms with E-state index in [1.807, 2.05) is 0 Å². The molecule has 1 amide bonds. The van der Waals surface area contributed by atoms with Gasteiger partial charge in [-0.15, -0.1) is 0 Å². The van der Waals surface area contributed by atoms with Crippen LogP contribution in [0.2, 0.25) is 0 Å². The van der Waals surface area contributed by atoms with E-state index in [-0.39, 0.29) is 0 Å². The molecular weight excluding hydrogens is 136 g/mol. The van der Waals surface area contributed by atoms with E-state index in [0.717, 1.165) is 0 Å². The van der Waals surface area contributed by atoms with Gasteiger partial charge in [-0.1, -0.05) is 0 Å². The lowest BCUT2D eigenvalue weighted by Gasteiger charge is -2.16. The molecule has 10 heavy (non-hydrogen) atoms. The lowest BCUT2D eigenvalue weighted by molar-refractivity contribution is -0.140. The summed E-state index contributed by atoms with van der Waals surface area (Å²) in [6, 6.07) is 0. The average Bonchev–Trinajstić information content (AvgIpc) is 1.60. The molecule has 0 aliphatic rings. The second kappa shape index (κ2) is 2.66. The van der Waals surface area contributed by atoms with E-state index < -0.39 is 23.8 Å². The fourth-order valence-electron chi connectivity index (χ4n) is 0.401. The Kier molecular flexibility index (Phi) is 2.36. The molecule has 0 rings (SSSR count). The van der Waals surface area contributed by atoms with Gasteiger partial charge >= 0.3 is 5.97 Å². The van der Waals surface area contributed by atoms with E-state index in [1.54, 1.807) is 0 Å². The van der Waals surface area contributed by atoms with Crippen LogP contribution in [0.4, 0.5) is 0 Å². The first-order valence-corrected chi connectivity index (χ1v) is 2.67. The van der Waals surface area contributed by atoms with Crippen molar-refractivity contribution in [3.63, 3.8) is 0 Å². The first-order chi connectivity index (χ1) is 4.36. The van der Waals surface area contributed by atoms with E-state index in [1.165, 1.54) is 6.92 Å². The van der Waals surface area contributed by atoms with Gasteiger partial charge in [0.15, 0.2) is 0 Å². The maximum Gasteiger partial charge on any atom is 0.305 e. The van der Waals surface area contributed by atoms with E-state index in [0.29, 0.717) is 0 Å². The van der Waals surface area contributed by atoms with Crippen molar-refractivity contribution in [2.24, 2.45) is 11.5 Å². The summed E-state index contributed by atoms with van der Waals surface area (Å²) < 4.78 is 0. The molecule has 0 heterocycles. The Hall–Kier alpha value is -1.10. The number of carboxylic acids is 1. The van der Waals surface area contributed by atoms with Gasteiger partial charge in [-0.05, 0) is 6.92 Å². The molecule has 0 aromatic rings. The molecule has 0 saturated heterocycles. The lowest BCUT2D eigenvalue weighted by Crippen LogP contribution is -2.50. The average molecular weight is 146 g/mol. The Morgan fingerprint density at radius 1 is 1.60 bits per heavy atom. The number of hydrogen-bond acceptors (Lipinski definition) is 3. The maximum absolute atomic E-state index is 10.4. The fraction of sp³-hybridized carbons (Fsp3) is 0.600. The first-order valence-electron chi connectivity index (χ1n) is 2.67. The van der Waals surface area contributed by atoms with Crippen molar-refractivity contribution < 1.29 is 14.7 Å². The van der Waals surface area contributed by atoms with E-state index >= 15 is 0 Å². The molecule has 1 atom stereocenters. The maximum atomic E-state index is 10.4. The summed E-state index contributed by atoms with van der Waals surface area (Å²) in [6.07, 6.45) is -0.442. The second-order valence-corrected chi connectivity index (χ2v) is 2.35. The molecule has 0 spiro atoms. The molecule has 0 aliphatic carbocycles. The molecule has 5 N–H and O–H groups in total. The molecule has 1 unspecified atom stereocenters. The van der Waals surface area contributed by atoms with Crippen molar-refractivity contribution in [2.45, 2.75) is 18.9 Å². The number of nitrogens with two attached hydrogens (primary N) is 2. The van der Waals surface area contributed by atoms with Gasteiger partial charge in [0.1, 0.15) is 5.54 Å². The first kappa shape index (κ1) is 8.90. The second-order valence-electron chi connectivity index (χ2n) is 2.35. The SMILES string of the molecule is CC(N)(CC(=O)O)C(N)=O. The van der Waals surface area contributed by atoms with E-state index in [4.69, 9.17) is 16.6 Å². The van der Waals surface area contributed by atoms with Crippen molar-refractivity contribution >= 4 is 11.9 Å². The molecule has 0 bridgehead atoms. The molecule has 0 aliphatic heterocycles. The van der Waals surface area contributed by atoms with Crippen LogP contribution < -0.4 is 11.5 Å². The normalized spacial score (nSPS) is 15.8. The third-order valence-electron chi connectivity index (χ3n) is 1.08. The molecule has 58 valence electrons. The van der Waals surface area contributed by atoms with Crippen LogP contribution in [0, 0.1) is 0 Å². The Balaban J connectivity index is 4.13. The monoisotopic (exact) mass is 146 g/mol.